The smallest absolute Gasteiger partial charge is 0.475 e. The highest BCUT2D eigenvalue weighted by molar-refractivity contribution is 5.76. The minimum absolute atomic E-state index is 0.0521. The van der Waals surface area contributed by atoms with Gasteiger partial charge in [-0.1, -0.05) is 5.16 Å². The number of hydrogen-bond donors (Lipinski definition) is 2. The number of carbonyl (C=O) groups is 2. The Morgan fingerprint density at radius 2 is 2.09 bits per heavy atom. The molecule has 0 saturated carbocycles. The molecule has 2 aromatic rings. The fourth-order valence-corrected chi connectivity index (χ4v) is 3.85. The molecule has 2 N–H and O–H groups in total. The van der Waals surface area contributed by atoms with Crippen molar-refractivity contribution in [3.63, 3.8) is 0 Å². The maximum atomic E-state index is 12.2. The van der Waals surface area contributed by atoms with Gasteiger partial charge in [0.2, 0.25) is 5.91 Å². The van der Waals surface area contributed by atoms with Crippen molar-refractivity contribution >= 4 is 11.9 Å². The third-order valence-electron chi connectivity index (χ3n) is 5.31. The molecule has 4 heterocycles. The molecule has 0 unspecified atom stereocenters. The number of aliphatic carboxylic acids is 1. The topological polar surface area (TPSA) is 118 Å². The molecule has 0 aromatic carbocycles. The van der Waals surface area contributed by atoms with Crippen molar-refractivity contribution in [2.24, 2.45) is 11.8 Å². The van der Waals surface area contributed by atoms with Crippen LogP contribution >= 0.6 is 0 Å². The number of carboxylic acid groups (broad SMARTS) is 1. The molecule has 9 nitrogen and oxygen atoms in total. The molecule has 12 heteroatoms. The highest BCUT2D eigenvalue weighted by atomic mass is 19.4. The average molecular weight is 459 g/mol. The molecular weight excluding hydrogens is 435 g/mol. The number of carboxylic acids is 1. The van der Waals surface area contributed by atoms with Gasteiger partial charge in [-0.05, 0) is 25.0 Å². The number of nitrogens with one attached hydrogen (secondary N) is 1. The molecule has 1 amide bonds. The number of rotatable bonds is 6. The van der Waals surface area contributed by atoms with E-state index in [-0.39, 0.29) is 17.9 Å². The lowest BCUT2D eigenvalue weighted by Crippen LogP contribution is -2.29. The Bertz CT molecular complexity index is 899. The van der Waals surface area contributed by atoms with E-state index in [4.69, 9.17) is 23.6 Å². The van der Waals surface area contributed by atoms with E-state index in [1.54, 1.807) is 6.26 Å². The molecule has 32 heavy (non-hydrogen) atoms. The van der Waals surface area contributed by atoms with Gasteiger partial charge in [0.25, 0.3) is 0 Å². The minimum atomic E-state index is -5.08. The van der Waals surface area contributed by atoms with Crippen LogP contribution in [0.2, 0.25) is 0 Å². The van der Waals surface area contributed by atoms with Crippen LogP contribution in [0.5, 0.6) is 0 Å². The van der Waals surface area contributed by atoms with E-state index in [2.05, 4.69) is 15.4 Å². The van der Waals surface area contributed by atoms with Gasteiger partial charge in [-0.25, -0.2) is 4.79 Å². The van der Waals surface area contributed by atoms with Crippen LogP contribution in [-0.2, 0) is 27.4 Å². The first-order chi connectivity index (χ1) is 15.1. The maximum Gasteiger partial charge on any atom is 0.490 e. The molecule has 3 atom stereocenters. The summed E-state index contributed by atoms with van der Waals surface area (Å²) in [5, 5.41) is 14.1. The molecule has 2 saturated heterocycles. The summed E-state index contributed by atoms with van der Waals surface area (Å²) >= 11 is 0. The zero-order valence-corrected chi connectivity index (χ0v) is 17.3. The number of furan rings is 1. The Balaban J connectivity index is 0.000000360. The van der Waals surface area contributed by atoms with Gasteiger partial charge < -0.3 is 24.1 Å². The standard InChI is InChI=1S/C18H23N3O4.C2HF3O2/c1-12-5-14(20-25-12)8-21-9-16-13(11-24-17(16)10-21)6-18(22)19-7-15-3-2-4-23-15;3-2(4,5)1(6)7/h2-5,13,16-17H,6-11H2,1H3,(H,19,22);(H,6,7)/t13-,16+,17+;/m0./s1. The van der Waals surface area contributed by atoms with Gasteiger partial charge >= 0.3 is 12.1 Å². The zero-order chi connectivity index (χ0) is 23.3. The van der Waals surface area contributed by atoms with E-state index in [1.807, 2.05) is 25.1 Å². The number of fused-ring (bicyclic) bond motifs is 1. The van der Waals surface area contributed by atoms with E-state index < -0.39 is 12.1 Å². The molecular formula is C20H24F3N3O6. The lowest BCUT2D eigenvalue weighted by molar-refractivity contribution is -0.192. The number of likely N-dealkylation sites (tertiary alicyclic amines) is 1. The molecule has 176 valence electrons. The Kier molecular flexibility index (Phi) is 7.56. The quantitative estimate of drug-likeness (QED) is 0.676. The molecule has 0 aliphatic carbocycles. The van der Waals surface area contributed by atoms with Crippen LogP contribution in [0, 0.1) is 18.8 Å². The second-order valence-electron chi connectivity index (χ2n) is 7.78. The zero-order valence-electron chi connectivity index (χ0n) is 17.3. The summed E-state index contributed by atoms with van der Waals surface area (Å²) in [6.45, 7) is 5.60. The Hall–Kier alpha value is -2.86. The van der Waals surface area contributed by atoms with Gasteiger partial charge in [-0.15, -0.1) is 0 Å². The van der Waals surface area contributed by atoms with Crippen LogP contribution in [0.4, 0.5) is 13.2 Å². The van der Waals surface area contributed by atoms with Crippen molar-refractivity contribution in [3.05, 3.63) is 41.7 Å². The first-order valence-electron chi connectivity index (χ1n) is 9.97. The van der Waals surface area contributed by atoms with Gasteiger partial charge in [-0.2, -0.15) is 13.2 Å². The second kappa shape index (κ2) is 10.2. The van der Waals surface area contributed by atoms with E-state index in [0.29, 0.717) is 25.5 Å². The lowest BCUT2D eigenvalue weighted by Gasteiger charge is -2.18. The third kappa shape index (κ3) is 6.57. The van der Waals surface area contributed by atoms with Gasteiger partial charge in [0.05, 0.1) is 31.2 Å². The van der Waals surface area contributed by atoms with E-state index >= 15 is 0 Å². The molecule has 0 bridgehead atoms. The number of alkyl halides is 3. The summed E-state index contributed by atoms with van der Waals surface area (Å²) in [6.07, 6.45) is -2.75. The summed E-state index contributed by atoms with van der Waals surface area (Å²) in [5.74, 6) is -0.433. The molecule has 4 rings (SSSR count). The van der Waals surface area contributed by atoms with Crippen LogP contribution in [0.3, 0.4) is 0 Å². The molecule has 2 aliphatic heterocycles. The van der Waals surface area contributed by atoms with Gasteiger partial charge in [0.1, 0.15) is 11.5 Å². The van der Waals surface area contributed by atoms with Gasteiger partial charge in [0.15, 0.2) is 0 Å². The number of aromatic nitrogens is 1. The van der Waals surface area contributed by atoms with Crippen molar-refractivity contribution in [3.8, 4) is 0 Å². The summed E-state index contributed by atoms with van der Waals surface area (Å²) in [5.41, 5.74) is 0.949. The monoisotopic (exact) mass is 459 g/mol. The minimum Gasteiger partial charge on any atom is -0.475 e. The second-order valence-corrected chi connectivity index (χ2v) is 7.78. The highest BCUT2D eigenvalue weighted by Crippen LogP contribution is 2.36. The normalized spacial score (nSPS) is 22.8. The maximum absolute atomic E-state index is 12.2. The SMILES string of the molecule is Cc1cc(CN2C[C@@H]3[C@@H](CC(=O)NCc4ccco4)CO[C@@H]3C2)no1.O=C(O)C(F)(F)F. The van der Waals surface area contributed by atoms with Gasteiger partial charge in [-0.3, -0.25) is 9.69 Å². The largest absolute Gasteiger partial charge is 0.490 e. The van der Waals surface area contributed by atoms with Crippen LogP contribution in [0.1, 0.15) is 23.6 Å². The Labute approximate surface area is 181 Å². The van der Waals surface area contributed by atoms with Crippen LogP contribution in [-0.4, -0.2) is 59.0 Å². The number of amides is 1. The van der Waals surface area contributed by atoms with Crippen molar-refractivity contribution in [2.75, 3.05) is 19.7 Å². The fraction of sp³-hybridized carbons (Fsp3) is 0.550. The number of aryl methyl sites for hydroxylation is 1. The van der Waals surface area contributed by atoms with Crippen LogP contribution < -0.4 is 5.32 Å². The number of hydrogen-bond acceptors (Lipinski definition) is 7. The summed E-state index contributed by atoms with van der Waals surface area (Å²) in [4.78, 5) is 23.4. The first kappa shape index (κ1) is 23.8. The van der Waals surface area contributed by atoms with E-state index in [1.165, 1.54) is 0 Å². The fourth-order valence-electron chi connectivity index (χ4n) is 3.85. The molecule has 2 aromatic heterocycles. The summed E-state index contributed by atoms with van der Waals surface area (Å²) in [7, 11) is 0. The first-order valence-corrected chi connectivity index (χ1v) is 9.97. The van der Waals surface area contributed by atoms with Crippen molar-refractivity contribution in [1.29, 1.82) is 0 Å². The summed E-state index contributed by atoms with van der Waals surface area (Å²) in [6, 6.07) is 5.64. The lowest BCUT2D eigenvalue weighted by atomic mass is 9.90. The molecule has 2 aliphatic rings. The van der Waals surface area contributed by atoms with Crippen LogP contribution in [0.15, 0.2) is 33.4 Å². The number of carbonyl (C=O) groups excluding carboxylic acids is 1. The van der Waals surface area contributed by atoms with Crippen LogP contribution in [0.25, 0.3) is 0 Å². The molecule has 0 spiro atoms. The van der Waals surface area contributed by atoms with E-state index in [0.717, 1.165) is 36.8 Å². The molecule has 0 radical (unpaired) electrons. The Morgan fingerprint density at radius 3 is 2.69 bits per heavy atom. The predicted octanol–water partition coefficient (Wildman–Crippen LogP) is 2.36. The van der Waals surface area contributed by atoms with Gasteiger partial charge in [0, 0.05) is 38.0 Å². The van der Waals surface area contributed by atoms with Crippen molar-refractivity contribution < 1.29 is 41.5 Å². The Morgan fingerprint density at radius 1 is 1.34 bits per heavy atom. The number of ether oxygens (including phenoxy) is 1. The summed E-state index contributed by atoms with van der Waals surface area (Å²) < 4.78 is 48.0. The third-order valence-corrected chi connectivity index (χ3v) is 5.31. The van der Waals surface area contributed by atoms with Crippen molar-refractivity contribution in [1.82, 2.24) is 15.4 Å². The number of nitrogens with zero attached hydrogens (tertiary/aromatic N) is 2. The van der Waals surface area contributed by atoms with Crippen molar-refractivity contribution in [2.45, 2.75) is 38.7 Å². The predicted molar refractivity (Wildman–Crippen MR) is 102 cm³/mol. The average Bonchev–Trinajstić information content (AvgIpc) is 3.48. The number of halogens is 3. The molecule has 2 fully saturated rings. The highest BCUT2D eigenvalue weighted by Gasteiger charge is 2.44. The van der Waals surface area contributed by atoms with E-state index in [9.17, 15) is 18.0 Å².